The van der Waals surface area contributed by atoms with Crippen LogP contribution < -0.4 is 5.32 Å². The average Bonchev–Trinajstić information content (AvgIpc) is 2.53. The topological polar surface area (TPSA) is 50.8 Å². The van der Waals surface area contributed by atoms with Gasteiger partial charge in [-0.3, -0.25) is 4.79 Å². The molecule has 2 fully saturated rings. The molecule has 2 aliphatic heterocycles. The molecule has 2 saturated heterocycles. The highest BCUT2D eigenvalue weighted by Gasteiger charge is 2.26. The molecule has 0 aromatic carbocycles. The Kier molecular flexibility index (Phi) is 6.26. The van der Waals surface area contributed by atoms with Crippen LogP contribution in [0, 0.1) is 0 Å². The molecule has 1 N–H and O–H groups in total. The lowest BCUT2D eigenvalue weighted by molar-refractivity contribution is -0.147. The zero-order chi connectivity index (χ0) is 14.4. The zero-order valence-electron chi connectivity index (χ0n) is 12.8. The summed E-state index contributed by atoms with van der Waals surface area (Å²) in [5.41, 5.74) is 0. The van der Waals surface area contributed by atoms with E-state index in [0.29, 0.717) is 12.6 Å². The highest BCUT2D eigenvalue weighted by molar-refractivity contribution is 5.80. The van der Waals surface area contributed by atoms with E-state index in [1.165, 1.54) is 6.42 Å². The van der Waals surface area contributed by atoms with Crippen LogP contribution in [-0.2, 0) is 14.3 Å². The fourth-order valence-electron chi connectivity index (χ4n) is 2.92. The molecule has 116 valence electrons. The maximum absolute atomic E-state index is 12.4. The highest BCUT2D eigenvalue weighted by Crippen LogP contribution is 2.15. The minimum absolute atomic E-state index is 0.0905. The summed E-state index contributed by atoms with van der Waals surface area (Å²) >= 11 is 0. The molecule has 0 radical (unpaired) electrons. The maximum atomic E-state index is 12.4. The first-order chi connectivity index (χ1) is 9.68. The second-order valence-electron chi connectivity index (χ2n) is 5.89. The Morgan fingerprint density at radius 1 is 1.35 bits per heavy atom. The number of nitrogens with zero attached hydrogens (tertiary/aromatic N) is 1. The fraction of sp³-hybridized carbons (Fsp3) is 0.933. The molecule has 20 heavy (non-hydrogen) atoms. The molecule has 0 saturated carbocycles. The molecule has 0 spiro atoms. The Hall–Kier alpha value is -0.650. The van der Waals surface area contributed by atoms with E-state index in [2.05, 4.69) is 5.32 Å². The molecule has 2 rings (SSSR count). The van der Waals surface area contributed by atoms with Gasteiger partial charge in [-0.25, -0.2) is 0 Å². The van der Waals surface area contributed by atoms with Crippen molar-refractivity contribution in [2.75, 3.05) is 33.4 Å². The van der Waals surface area contributed by atoms with Crippen molar-refractivity contribution in [1.29, 1.82) is 0 Å². The summed E-state index contributed by atoms with van der Waals surface area (Å²) < 4.78 is 11.4. The number of nitrogens with one attached hydrogen (secondary N) is 1. The molecule has 0 aromatic rings. The Balaban J connectivity index is 1.72. The van der Waals surface area contributed by atoms with Crippen LogP contribution in [-0.4, -0.2) is 62.4 Å². The third-order valence-electron chi connectivity index (χ3n) is 4.36. The monoisotopic (exact) mass is 284 g/mol. The molecule has 0 bridgehead atoms. The molecule has 2 aliphatic rings. The molecule has 1 amide bonds. The van der Waals surface area contributed by atoms with Crippen molar-refractivity contribution in [1.82, 2.24) is 10.2 Å². The quantitative estimate of drug-likeness (QED) is 0.823. The molecule has 0 aromatic heterocycles. The number of hydrogen-bond donors (Lipinski definition) is 1. The first-order valence-electron chi connectivity index (χ1n) is 7.89. The van der Waals surface area contributed by atoms with Gasteiger partial charge in [-0.2, -0.15) is 0 Å². The van der Waals surface area contributed by atoms with Gasteiger partial charge in [-0.15, -0.1) is 0 Å². The Morgan fingerprint density at radius 3 is 2.75 bits per heavy atom. The number of likely N-dealkylation sites (N-methyl/N-ethyl adjacent to an activating group) is 1. The van der Waals surface area contributed by atoms with Crippen LogP contribution in [0.25, 0.3) is 0 Å². The van der Waals surface area contributed by atoms with E-state index in [4.69, 9.17) is 9.47 Å². The second-order valence-corrected chi connectivity index (χ2v) is 5.89. The lowest BCUT2D eigenvalue weighted by Gasteiger charge is -2.33. The van der Waals surface area contributed by atoms with Crippen molar-refractivity contribution < 1.29 is 14.3 Å². The number of carbonyl (C=O) groups is 1. The minimum atomic E-state index is -0.375. The van der Waals surface area contributed by atoms with Gasteiger partial charge in [0.2, 0.25) is 0 Å². The Labute approximate surface area is 122 Å². The summed E-state index contributed by atoms with van der Waals surface area (Å²) in [6.07, 6.45) is 5.24. The van der Waals surface area contributed by atoms with Crippen LogP contribution in [0.15, 0.2) is 0 Å². The van der Waals surface area contributed by atoms with E-state index in [-0.39, 0.29) is 18.1 Å². The third kappa shape index (κ3) is 4.43. The van der Waals surface area contributed by atoms with E-state index < -0.39 is 0 Å². The molecule has 0 aliphatic carbocycles. The highest BCUT2D eigenvalue weighted by atomic mass is 16.5. The number of carbonyl (C=O) groups excluding carboxylic acids is 1. The SMILES string of the molecule is CC(OCC1CCCCO1)C(=O)N(C)C1CCNCC1. The average molecular weight is 284 g/mol. The van der Waals surface area contributed by atoms with Gasteiger partial charge in [0.25, 0.3) is 5.91 Å². The first-order valence-corrected chi connectivity index (χ1v) is 7.89. The van der Waals surface area contributed by atoms with E-state index in [1.807, 2.05) is 18.9 Å². The Bertz CT molecular complexity index is 299. The summed E-state index contributed by atoms with van der Waals surface area (Å²) in [4.78, 5) is 14.2. The van der Waals surface area contributed by atoms with Crippen molar-refractivity contribution in [3.05, 3.63) is 0 Å². The van der Waals surface area contributed by atoms with Gasteiger partial charge >= 0.3 is 0 Å². The minimum Gasteiger partial charge on any atom is -0.376 e. The Morgan fingerprint density at radius 2 is 2.10 bits per heavy atom. The summed E-state index contributed by atoms with van der Waals surface area (Å²) in [5.74, 6) is 0.0905. The summed E-state index contributed by atoms with van der Waals surface area (Å²) in [5, 5.41) is 3.32. The van der Waals surface area contributed by atoms with Crippen molar-refractivity contribution >= 4 is 5.91 Å². The van der Waals surface area contributed by atoms with E-state index in [0.717, 1.165) is 45.4 Å². The van der Waals surface area contributed by atoms with Crippen molar-refractivity contribution in [3.8, 4) is 0 Å². The molecular formula is C15H28N2O3. The fourth-order valence-corrected chi connectivity index (χ4v) is 2.92. The molecule has 5 nitrogen and oxygen atoms in total. The maximum Gasteiger partial charge on any atom is 0.251 e. The van der Waals surface area contributed by atoms with Crippen LogP contribution in [0.5, 0.6) is 0 Å². The van der Waals surface area contributed by atoms with E-state index in [9.17, 15) is 4.79 Å². The van der Waals surface area contributed by atoms with Gasteiger partial charge in [0, 0.05) is 19.7 Å². The van der Waals surface area contributed by atoms with Gasteiger partial charge < -0.3 is 19.7 Å². The molecule has 2 heterocycles. The number of piperidine rings is 1. The smallest absolute Gasteiger partial charge is 0.251 e. The number of hydrogen-bond acceptors (Lipinski definition) is 4. The summed E-state index contributed by atoms with van der Waals surface area (Å²) in [7, 11) is 1.90. The summed E-state index contributed by atoms with van der Waals surface area (Å²) in [6.45, 7) is 5.20. The van der Waals surface area contributed by atoms with Crippen LogP contribution in [0.3, 0.4) is 0 Å². The first kappa shape index (κ1) is 15.7. The lowest BCUT2D eigenvalue weighted by atomic mass is 10.0. The standard InChI is InChI=1S/C15H28N2O3/c1-12(20-11-14-5-3-4-10-19-14)15(18)17(2)13-6-8-16-9-7-13/h12-14,16H,3-11H2,1-2H3. The van der Waals surface area contributed by atoms with E-state index in [1.54, 1.807) is 0 Å². The van der Waals surface area contributed by atoms with Crippen LogP contribution in [0.1, 0.15) is 39.0 Å². The number of rotatable bonds is 5. The largest absolute Gasteiger partial charge is 0.376 e. The predicted octanol–water partition coefficient (Wildman–Crippen LogP) is 1.17. The third-order valence-corrected chi connectivity index (χ3v) is 4.36. The van der Waals surface area contributed by atoms with Crippen LogP contribution >= 0.6 is 0 Å². The van der Waals surface area contributed by atoms with Gasteiger partial charge in [-0.05, 0) is 52.1 Å². The van der Waals surface area contributed by atoms with Crippen molar-refractivity contribution in [2.45, 2.75) is 57.3 Å². The molecular weight excluding hydrogens is 256 g/mol. The predicted molar refractivity (Wildman–Crippen MR) is 77.7 cm³/mol. The van der Waals surface area contributed by atoms with Gasteiger partial charge in [0.15, 0.2) is 0 Å². The lowest BCUT2D eigenvalue weighted by Crippen LogP contribution is -2.47. The normalized spacial score (nSPS) is 26.2. The van der Waals surface area contributed by atoms with Crippen LogP contribution in [0.4, 0.5) is 0 Å². The second kappa shape index (κ2) is 7.96. The zero-order valence-corrected chi connectivity index (χ0v) is 12.8. The molecule has 5 heteroatoms. The van der Waals surface area contributed by atoms with Crippen molar-refractivity contribution in [2.24, 2.45) is 0 Å². The van der Waals surface area contributed by atoms with Gasteiger partial charge in [0.1, 0.15) is 6.10 Å². The van der Waals surface area contributed by atoms with Crippen LogP contribution in [0.2, 0.25) is 0 Å². The number of ether oxygens (including phenoxy) is 2. The van der Waals surface area contributed by atoms with E-state index >= 15 is 0 Å². The summed E-state index contributed by atoms with van der Waals surface area (Å²) in [6, 6.07) is 0.348. The van der Waals surface area contributed by atoms with Gasteiger partial charge in [0.05, 0.1) is 12.7 Å². The number of amides is 1. The molecule has 2 atom stereocenters. The van der Waals surface area contributed by atoms with Gasteiger partial charge in [-0.1, -0.05) is 0 Å². The van der Waals surface area contributed by atoms with Crippen molar-refractivity contribution in [3.63, 3.8) is 0 Å². The molecule has 2 unspecified atom stereocenters.